The summed E-state index contributed by atoms with van der Waals surface area (Å²) in [6.07, 6.45) is 2.38. The first-order chi connectivity index (χ1) is 7.40. The van der Waals surface area contributed by atoms with Crippen molar-refractivity contribution in [2.24, 2.45) is 11.8 Å². The molecule has 4 nitrogen and oxygen atoms in total. The lowest BCUT2D eigenvalue weighted by atomic mass is 9.97. The summed E-state index contributed by atoms with van der Waals surface area (Å²) in [4.78, 5) is 22.6. The highest BCUT2D eigenvalue weighted by molar-refractivity contribution is 7.98. The molecule has 0 saturated carbocycles. The Hall–Kier alpha value is -0.710. The quantitative estimate of drug-likeness (QED) is 0.717. The molecule has 0 aliphatic heterocycles. The molecule has 2 atom stereocenters. The number of amides is 1. The second kappa shape index (κ2) is 7.54. The van der Waals surface area contributed by atoms with Gasteiger partial charge < -0.3 is 10.4 Å². The van der Waals surface area contributed by atoms with Crippen LogP contribution < -0.4 is 5.32 Å². The maximum atomic E-state index is 11.7. The van der Waals surface area contributed by atoms with E-state index in [9.17, 15) is 9.59 Å². The molecule has 5 heteroatoms. The van der Waals surface area contributed by atoms with Crippen LogP contribution in [-0.4, -0.2) is 35.0 Å². The monoisotopic (exact) mass is 247 g/mol. The van der Waals surface area contributed by atoms with Gasteiger partial charge in [-0.15, -0.1) is 0 Å². The molecule has 94 valence electrons. The van der Waals surface area contributed by atoms with Crippen LogP contribution in [0.1, 0.15) is 27.2 Å². The third-order valence-electron chi connectivity index (χ3n) is 2.64. The van der Waals surface area contributed by atoms with Crippen molar-refractivity contribution < 1.29 is 14.7 Å². The van der Waals surface area contributed by atoms with Gasteiger partial charge in [0.05, 0.1) is 0 Å². The van der Waals surface area contributed by atoms with Crippen LogP contribution in [0.5, 0.6) is 0 Å². The molecule has 1 amide bonds. The summed E-state index contributed by atoms with van der Waals surface area (Å²) >= 11 is 1.57. The number of carboxylic acids is 1. The van der Waals surface area contributed by atoms with E-state index in [0.717, 1.165) is 5.75 Å². The normalized spacial score (nSPS) is 14.6. The predicted octanol–water partition coefficient (Wildman–Crippen LogP) is 1.60. The highest BCUT2D eigenvalue weighted by atomic mass is 32.2. The zero-order chi connectivity index (χ0) is 12.7. The Morgan fingerprint density at radius 1 is 1.31 bits per heavy atom. The lowest BCUT2D eigenvalue weighted by Crippen LogP contribution is -2.44. The number of nitrogens with one attached hydrogen (secondary N) is 1. The molecule has 1 unspecified atom stereocenters. The fraction of sp³-hybridized carbons (Fsp3) is 0.818. The molecule has 0 aliphatic rings. The Morgan fingerprint density at radius 3 is 2.25 bits per heavy atom. The number of aliphatic carboxylic acids is 1. The number of carboxylic acid groups (broad SMARTS) is 1. The number of hydrogen-bond acceptors (Lipinski definition) is 3. The topological polar surface area (TPSA) is 66.4 Å². The average molecular weight is 247 g/mol. The maximum Gasteiger partial charge on any atom is 0.326 e. The van der Waals surface area contributed by atoms with Crippen molar-refractivity contribution in [3.63, 3.8) is 0 Å². The minimum Gasteiger partial charge on any atom is -0.480 e. The van der Waals surface area contributed by atoms with Crippen LogP contribution in [0.2, 0.25) is 0 Å². The summed E-state index contributed by atoms with van der Waals surface area (Å²) in [6.45, 7) is 5.71. The zero-order valence-corrected chi connectivity index (χ0v) is 11.1. The molecule has 0 aromatic rings. The van der Waals surface area contributed by atoms with Gasteiger partial charge >= 0.3 is 5.97 Å². The first-order valence-electron chi connectivity index (χ1n) is 5.42. The molecule has 0 aromatic carbocycles. The van der Waals surface area contributed by atoms with Crippen molar-refractivity contribution in [1.82, 2.24) is 5.32 Å². The summed E-state index contributed by atoms with van der Waals surface area (Å²) in [5.41, 5.74) is 0. The van der Waals surface area contributed by atoms with Crippen molar-refractivity contribution in [3.8, 4) is 0 Å². The Morgan fingerprint density at radius 2 is 1.88 bits per heavy atom. The van der Waals surface area contributed by atoms with Gasteiger partial charge in [0, 0.05) is 5.92 Å². The molecule has 0 radical (unpaired) electrons. The van der Waals surface area contributed by atoms with E-state index in [1.54, 1.807) is 11.8 Å². The lowest BCUT2D eigenvalue weighted by molar-refractivity contribution is -0.142. The number of carbonyl (C=O) groups is 2. The van der Waals surface area contributed by atoms with E-state index >= 15 is 0 Å². The van der Waals surface area contributed by atoms with Gasteiger partial charge in [0.25, 0.3) is 0 Å². The number of rotatable bonds is 7. The molecule has 0 aromatic heterocycles. The number of hydrogen-bond donors (Lipinski definition) is 2. The second-order valence-electron chi connectivity index (χ2n) is 4.21. The fourth-order valence-electron chi connectivity index (χ4n) is 1.10. The maximum absolute atomic E-state index is 11.7. The summed E-state index contributed by atoms with van der Waals surface area (Å²) in [5.74, 6) is -0.346. The van der Waals surface area contributed by atoms with Gasteiger partial charge in [-0.3, -0.25) is 4.79 Å². The second-order valence-corrected chi connectivity index (χ2v) is 5.20. The smallest absolute Gasteiger partial charge is 0.326 e. The minimum absolute atomic E-state index is 0.156. The SMILES string of the molecule is CSCC[C@@H](NC(=O)C(C)C(C)C)C(=O)O. The van der Waals surface area contributed by atoms with Crippen molar-refractivity contribution in [3.05, 3.63) is 0 Å². The third-order valence-corrected chi connectivity index (χ3v) is 3.28. The van der Waals surface area contributed by atoms with Gasteiger partial charge in [-0.1, -0.05) is 20.8 Å². The summed E-state index contributed by atoms with van der Waals surface area (Å²) < 4.78 is 0. The molecule has 0 rings (SSSR count). The van der Waals surface area contributed by atoms with E-state index in [2.05, 4.69) is 5.32 Å². The van der Waals surface area contributed by atoms with Gasteiger partial charge in [0.2, 0.25) is 5.91 Å². The van der Waals surface area contributed by atoms with E-state index in [1.807, 2.05) is 27.0 Å². The van der Waals surface area contributed by atoms with Crippen LogP contribution in [0.15, 0.2) is 0 Å². The Kier molecular flexibility index (Phi) is 7.21. The molecule has 0 bridgehead atoms. The first kappa shape index (κ1) is 15.3. The van der Waals surface area contributed by atoms with Crippen molar-refractivity contribution in [2.45, 2.75) is 33.2 Å². The van der Waals surface area contributed by atoms with Crippen LogP contribution in [-0.2, 0) is 9.59 Å². The third kappa shape index (κ3) is 5.39. The summed E-state index contributed by atoms with van der Waals surface area (Å²) in [6, 6.07) is -0.763. The van der Waals surface area contributed by atoms with E-state index in [4.69, 9.17) is 5.11 Å². The van der Waals surface area contributed by atoms with E-state index in [0.29, 0.717) is 6.42 Å². The minimum atomic E-state index is -0.960. The van der Waals surface area contributed by atoms with Gasteiger partial charge in [-0.25, -0.2) is 4.79 Å². The van der Waals surface area contributed by atoms with Crippen molar-refractivity contribution in [2.75, 3.05) is 12.0 Å². The van der Waals surface area contributed by atoms with E-state index in [1.165, 1.54) is 0 Å². The van der Waals surface area contributed by atoms with Crippen LogP contribution >= 0.6 is 11.8 Å². The molecule has 0 spiro atoms. The standard InChI is InChI=1S/C11H21NO3S/c1-7(2)8(3)10(13)12-9(11(14)15)5-6-16-4/h7-9H,5-6H2,1-4H3,(H,12,13)(H,14,15)/t8?,9-/m1/s1. The van der Waals surface area contributed by atoms with Crippen molar-refractivity contribution >= 4 is 23.6 Å². The van der Waals surface area contributed by atoms with Crippen molar-refractivity contribution in [1.29, 1.82) is 0 Å². The van der Waals surface area contributed by atoms with E-state index < -0.39 is 12.0 Å². The van der Waals surface area contributed by atoms with Crippen LogP contribution in [0.25, 0.3) is 0 Å². The number of thioether (sulfide) groups is 1. The highest BCUT2D eigenvalue weighted by Crippen LogP contribution is 2.10. The first-order valence-corrected chi connectivity index (χ1v) is 6.81. The molecule has 2 N–H and O–H groups in total. The summed E-state index contributed by atoms with van der Waals surface area (Å²) in [7, 11) is 0. The highest BCUT2D eigenvalue weighted by Gasteiger charge is 2.23. The van der Waals surface area contributed by atoms with Gasteiger partial charge in [0.15, 0.2) is 0 Å². The predicted molar refractivity (Wildman–Crippen MR) is 66.6 cm³/mol. The fourth-order valence-corrected chi connectivity index (χ4v) is 1.57. The average Bonchev–Trinajstić information content (AvgIpc) is 2.21. The van der Waals surface area contributed by atoms with Crippen LogP contribution in [0.4, 0.5) is 0 Å². The van der Waals surface area contributed by atoms with Crippen LogP contribution in [0, 0.1) is 11.8 Å². The van der Waals surface area contributed by atoms with Gasteiger partial charge in [-0.2, -0.15) is 11.8 Å². The Balaban J connectivity index is 4.28. The Bertz CT molecular complexity index is 243. The molecule has 0 aliphatic carbocycles. The van der Waals surface area contributed by atoms with Gasteiger partial charge in [-0.05, 0) is 24.3 Å². The Labute approximate surface area is 101 Å². The zero-order valence-electron chi connectivity index (χ0n) is 10.3. The molecule has 0 heterocycles. The van der Waals surface area contributed by atoms with Crippen LogP contribution in [0.3, 0.4) is 0 Å². The molecular formula is C11H21NO3S. The van der Waals surface area contributed by atoms with E-state index in [-0.39, 0.29) is 17.7 Å². The number of carbonyl (C=O) groups excluding carboxylic acids is 1. The molecule has 16 heavy (non-hydrogen) atoms. The van der Waals surface area contributed by atoms with Gasteiger partial charge in [0.1, 0.15) is 6.04 Å². The molecule has 0 saturated heterocycles. The molecular weight excluding hydrogens is 226 g/mol. The lowest BCUT2D eigenvalue weighted by Gasteiger charge is -2.19. The largest absolute Gasteiger partial charge is 0.480 e. The molecule has 0 fully saturated rings. The summed E-state index contributed by atoms with van der Waals surface area (Å²) in [5, 5.41) is 11.5.